The summed E-state index contributed by atoms with van der Waals surface area (Å²) in [6.45, 7) is 1.75. The summed E-state index contributed by atoms with van der Waals surface area (Å²) >= 11 is 5.90. The van der Waals surface area contributed by atoms with E-state index in [1.807, 2.05) is 0 Å². The lowest BCUT2D eigenvalue weighted by Crippen LogP contribution is -2.38. The number of nitro groups is 1. The average Bonchev–Trinajstić information content (AvgIpc) is 2.45. The van der Waals surface area contributed by atoms with E-state index in [4.69, 9.17) is 11.6 Å². The fourth-order valence-corrected chi connectivity index (χ4v) is 3.06. The highest BCUT2D eigenvalue weighted by Crippen LogP contribution is 2.37. The molecule has 0 amide bonds. The van der Waals surface area contributed by atoms with Gasteiger partial charge in [-0.3, -0.25) is 24.5 Å². The second kappa shape index (κ2) is 6.45. The molecule has 0 heterocycles. The number of nitrogens with one attached hydrogen (secondary N) is 1. The van der Waals surface area contributed by atoms with E-state index in [1.165, 1.54) is 19.2 Å². The summed E-state index contributed by atoms with van der Waals surface area (Å²) in [6, 6.07) is 2.51. The first-order chi connectivity index (χ1) is 10.8. The van der Waals surface area contributed by atoms with E-state index < -0.39 is 33.9 Å². The molecule has 7 nitrogen and oxygen atoms in total. The van der Waals surface area contributed by atoms with Gasteiger partial charge in [-0.1, -0.05) is 18.5 Å². The fourth-order valence-electron chi connectivity index (χ4n) is 2.82. The summed E-state index contributed by atoms with van der Waals surface area (Å²) in [5.41, 5.74) is -0.833. The standard InChI is InChI=1S/C15H15ClN2O5/c1-7-5-10(19)12(11(20)6-7)15(21)8-3-4-9(16)13(17-2)14(8)18(22)23/h3-4,7,12,17H,5-6H2,1-2H3. The van der Waals surface area contributed by atoms with E-state index in [1.54, 1.807) is 6.92 Å². The zero-order valence-electron chi connectivity index (χ0n) is 12.6. The molecular weight excluding hydrogens is 324 g/mol. The number of benzene rings is 1. The number of rotatable bonds is 4. The highest BCUT2D eigenvalue weighted by molar-refractivity contribution is 6.34. The van der Waals surface area contributed by atoms with Crippen molar-refractivity contribution in [1.29, 1.82) is 0 Å². The van der Waals surface area contributed by atoms with Crippen molar-refractivity contribution < 1.29 is 19.3 Å². The number of Topliss-reactive ketones (excluding diaryl/α,β-unsaturated/α-hetero) is 3. The molecule has 0 aromatic heterocycles. The van der Waals surface area contributed by atoms with Crippen LogP contribution in [0.4, 0.5) is 11.4 Å². The Bertz CT molecular complexity index is 698. The molecule has 1 fully saturated rings. The quantitative estimate of drug-likeness (QED) is 0.391. The third kappa shape index (κ3) is 3.10. The van der Waals surface area contributed by atoms with Crippen LogP contribution in [0.1, 0.15) is 30.1 Å². The molecule has 1 aliphatic rings. The lowest BCUT2D eigenvalue weighted by Gasteiger charge is -2.23. The lowest BCUT2D eigenvalue weighted by molar-refractivity contribution is -0.384. The molecule has 0 radical (unpaired) electrons. The van der Waals surface area contributed by atoms with Crippen molar-refractivity contribution in [3.63, 3.8) is 0 Å². The third-order valence-electron chi connectivity index (χ3n) is 3.83. The summed E-state index contributed by atoms with van der Waals surface area (Å²) in [4.78, 5) is 47.4. The molecule has 8 heteroatoms. The Morgan fingerprint density at radius 3 is 2.35 bits per heavy atom. The summed E-state index contributed by atoms with van der Waals surface area (Å²) in [6.07, 6.45) is 0.227. The van der Waals surface area contributed by atoms with Crippen molar-refractivity contribution >= 4 is 40.3 Å². The Balaban J connectivity index is 2.54. The van der Waals surface area contributed by atoms with Crippen molar-refractivity contribution in [3.8, 4) is 0 Å². The Morgan fingerprint density at radius 1 is 1.30 bits per heavy atom. The molecule has 0 spiro atoms. The molecule has 0 saturated heterocycles. The van der Waals surface area contributed by atoms with Crippen molar-refractivity contribution in [1.82, 2.24) is 0 Å². The molecule has 0 aliphatic heterocycles. The zero-order valence-corrected chi connectivity index (χ0v) is 13.3. The molecule has 1 N–H and O–H groups in total. The van der Waals surface area contributed by atoms with Crippen LogP contribution >= 0.6 is 11.6 Å². The van der Waals surface area contributed by atoms with Gasteiger partial charge in [-0.2, -0.15) is 0 Å². The number of carbonyl (C=O) groups is 3. The van der Waals surface area contributed by atoms with Gasteiger partial charge in [0.1, 0.15) is 11.6 Å². The van der Waals surface area contributed by atoms with Gasteiger partial charge in [-0.25, -0.2) is 0 Å². The van der Waals surface area contributed by atoms with Crippen LogP contribution in [-0.4, -0.2) is 29.3 Å². The van der Waals surface area contributed by atoms with Gasteiger partial charge in [0, 0.05) is 19.9 Å². The number of halogens is 1. The molecule has 122 valence electrons. The zero-order chi connectivity index (χ0) is 17.3. The van der Waals surface area contributed by atoms with Gasteiger partial charge in [-0.05, 0) is 18.1 Å². The maximum Gasteiger partial charge on any atom is 0.304 e. The fraction of sp³-hybridized carbons (Fsp3) is 0.400. The number of hydrogen-bond acceptors (Lipinski definition) is 6. The number of anilines is 1. The summed E-state index contributed by atoms with van der Waals surface area (Å²) in [5.74, 6) is -3.40. The van der Waals surface area contributed by atoms with Crippen LogP contribution in [0.25, 0.3) is 0 Å². The number of hydrogen-bond donors (Lipinski definition) is 1. The molecule has 23 heavy (non-hydrogen) atoms. The Hall–Kier alpha value is -2.28. The van der Waals surface area contributed by atoms with E-state index in [-0.39, 0.29) is 35.0 Å². The minimum absolute atomic E-state index is 0.0217. The number of carbonyl (C=O) groups excluding carboxylic acids is 3. The number of nitro benzene ring substituents is 1. The molecule has 1 aromatic carbocycles. The van der Waals surface area contributed by atoms with Crippen LogP contribution in [0.15, 0.2) is 12.1 Å². The summed E-state index contributed by atoms with van der Waals surface area (Å²) < 4.78 is 0. The third-order valence-corrected chi connectivity index (χ3v) is 4.15. The lowest BCUT2D eigenvalue weighted by atomic mass is 9.77. The predicted octanol–water partition coefficient (Wildman–Crippen LogP) is 2.66. The first kappa shape index (κ1) is 17.1. The van der Waals surface area contributed by atoms with Crippen LogP contribution in [0, 0.1) is 22.0 Å². The van der Waals surface area contributed by atoms with E-state index in [0.29, 0.717) is 0 Å². The molecule has 0 atom stereocenters. The van der Waals surface area contributed by atoms with E-state index >= 15 is 0 Å². The van der Waals surface area contributed by atoms with Crippen LogP contribution in [0.2, 0.25) is 5.02 Å². The minimum Gasteiger partial charge on any atom is -0.381 e. The van der Waals surface area contributed by atoms with E-state index in [2.05, 4.69) is 5.32 Å². The number of ketones is 3. The van der Waals surface area contributed by atoms with Crippen molar-refractivity contribution in [2.75, 3.05) is 12.4 Å². The van der Waals surface area contributed by atoms with Crippen molar-refractivity contribution in [2.45, 2.75) is 19.8 Å². The van der Waals surface area contributed by atoms with Gasteiger partial charge in [0.2, 0.25) is 0 Å². The van der Waals surface area contributed by atoms with Crippen LogP contribution in [-0.2, 0) is 9.59 Å². The van der Waals surface area contributed by atoms with Gasteiger partial charge in [0.15, 0.2) is 17.3 Å². The first-order valence-corrected chi connectivity index (χ1v) is 7.40. The van der Waals surface area contributed by atoms with E-state index in [9.17, 15) is 24.5 Å². The Morgan fingerprint density at radius 2 is 1.87 bits per heavy atom. The molecule has 0 bridgehead atoms. The minimum atomic E-state index is -1.46. The van der Waals surface area contributed by atoms with Crippen LogP contribution in [0.5, 0.6) is 0 Å². The first-order valence-electron chi connectivity index (χ1n) is 7.02. The van der Waals surface area contributed by atoms with Crippen LogP contribution < -0.4 is 5.32 Å². The largest absolute Gasteiger partial charge is 0.381 e. The van der Waals surface area contributed by atoms with Crippen molar-refractivity contribution in [2.24, 2.45) is 11.8 Å². The Kier molecular flexibility index (Phi) is 4.79. The highest BCUT2D eigenvalue weighted by atomic mass is 35.5. The molecule has 2 rings (SSSR count). The van der Waals surface area contributed by atoms with E-state index in [0.717, 1.165) is 0 Å². The molecule has 1 aromatic rings. The maximum atomic E-state index is 12.6. The monoisotopic (exact) mass is 338 g/mol. The molecule has 0 unspecified atom stereocenters. The van der Waals surface area contributed by atoms with Crippen LogP contribution in [0.3, 0.4) is 0 Å². The van der Waals surface area contributed by atoms with Gasteiger partial charge in [0.05, 0.1) is 15.5 Å². The van der Waals surface area contributed by atoms with Crippen molar-refractivity contribution in [3.05, 3.63) is 32.8 Å². The summed E-state index contributed by atoms with van der Waals surface area (Å²) in [7, 11) is 1.43. The molecule has 1 aliphatic carbocycles. The SMILES string of the molecule is CNc1c(Cl)ccc(C(=O)C2C(=O)CC(C)CC2=O)c1[N+](=O)[O-]. The maximum absolute atomic E-state index is 12.6. The average molecular weight is 339 g/mol. The predicted molar refractivity (Wildman–Crippen MR) is 83.9 cm³/mol. The normalized spacial score (nSPS) is 21.2. The molecule has 1 saturated carbocycles. The van der Waals surface area contributed by atoms with Gasteiger partial charge in [-0.15, -0.1) is 0 Å². The second-order valence-electron chi connectivity index (χ2n) is 5.57. The summed E-state index contributed by atoms with van der Waals surface area (Å²) in [5, 5.41) is 14.0. The smallest absolute Gasteiger partial charge is 0.304 e. The Labute approximate surface area is 137 Å². The second-order valence-corrected chi connectivity index (χ2v) is 5.98. The molecular formula is C15H15ClN2O5. The number of nitrogens with zero attached hydrogens (tertiary/aromatic N) is 1. The van der Waals surface area contributed by atoms with Gasteiger partial charge >= 0.3 is 5.69 Å². The highest BCUT2D eigenvalue weighted by Gasteiger charge is 2.41. The van der Waals surface area contributed by atoms with Gasteiger partial charge < -0.3 is 5.32 Å². The topological polar surface area (TPSA) is 106 Å². The van der Waals surface area contributed by atoms with Gasteiger partial charge in [0.25, 0.3) is 0 Å².